The lowest BCUT2D eigenvalue weighted by Crippen LogP contribution is -2.45. The third kappa shape index (κ3) is 3.89. The molecule has 1 N–H and O–H groups in total. The molecule has 126 valence electrons. The lowest BCUT2D eigenvalue weighted by molar-refractivity contribution is -0.120. The van der Waals surface area contributed by atoms with Gasteiger partial charge in [0.2, 0.25) is 5.91 Å². The van der Waals surface area contributed by atoms with Crippen LogP contribution in [0, 0.1) is 5.92 Å². The molecule has 0 aromatic heterocycles. The van der Waals surface area contributed by atoms with Gasteiger partial charge in [0.15, 0.2) is 0 Å². The molecular weight excluding hydrogens is 292 g/mol. The van der Waals surface area contributed by atoms with Crippen molar-refractivity contribution in [2.24, 2.45) is 5.92 Å². The maximum atomic E-state index is 12.4. The fourth-order valence-corrected chi connectivity index (χ4v) is 3.39. The van der Waals surface area contributed by atoms with Gasteiger partial charge in [-0.3, -0.25) is 4.79 Å². The molecule has 0 saturated heterocycles. The minimum Gasteiger partial charge on any atom is -0.497 e. The molecule has 1 aromatic carbocycles. The number of anilines is 1. The third-order valence-electron chi connectivity index (χ3n) is 4.84. The second kappa shape index (κ2) is 7.11. The summed E-state index contributed by atoms with van der Waals surface area (Å²) in [5.41, 5.74) is 0.933. The number of nitrogens with one attached hydrogen (secondary N) is 1. The van der Waals surface area contributed by atoms with Crippen LogP contribution in [0.3, 0.4) is 0 Å². The highest BCUT2D eigenvalue weighted by atomic mass is 16.5. The maximum absolute atomic E-state index is 12.4. The first-order valence-corrected chi connectivity index (χ1v) is 8.51. The van der Waals surface area contributed by atoms with Crippen LogP contribution in [0.5, 0.6) is 11.5 Å². The Labute approximate surface area is 137 Å². The lowest BCUT2D eigenvalue weighted by Gasteiger charge is -2.32. The van der Waals surface area contributed by atoms with Crippen LogP contribution < -0.4 is 19.7 Å². The van der Waals surface area contributed by atoms with Crippen molar-refractivity contribution in [1.82, 2.24) is 5.32 Å². The van der Waals surface area contributed by atoms with Crippen LogP contribution in [-0.2, 0) is 4.79 Å². The highest BCUT2D eigenvalue weighted by Gasteiger charge is 2.24. The van der Waals surface area contributed by atoms with Gasteiger partial charge in [-0.2, -0.15) is 0 Å². The largest absolute Gasteiger partial charge is 0.497 e. The Morgan fingerprint density at radius 3 is 2.87 bits per heavy atom. The normalized spacial score (nSPS) is 23.7. The minimum absolute atomic E-state index is 0.0974. The van der Waals surface area contributed by atoms with E-state index < -0.39 is 0 Å². The quantitative estimate of drug-likeness (QED) is 0.927. The van der Waals surface area contributed by atoms with Crippen molar-refractivity contribution in [2.75, 3.05) is 31.7 Å². The van der Waals surface area contributed by atoms with Gasteiger partial charge in [-0.15, -0.1) is 0 Å². The van der Waals surface area contributed by atoms with E-state index in [0.29, 0.717) is 19.2 Å². The number of fused-ring (bicyclic) bond motifs is 1. The van der Waals surface area contributed by atoms with Crippen molar-refractivity contribution < 1.29 is 14.3 Å². The molecule has 0 atom stereocenters. The molecule has 0 radical (unpaired) electrons. The van der Waals surface area contributed by atoms with E-state index in [1.807, 2.05) is 18.2 Å². The molecule has 1 aromatic rings. The minimum atomic E-state index is 0.0974. The predicted octanol–water partition coefficient (Wildman–Crippen LogP) is 2.59. The lowest BCUT2D eigenvalue weighted by atomic mass is 9.87. The molecule has 5 nitrogen and oxygen atoms in total. The SMILES string of the molecule is COc1ccc2c(c1)N(CC(=O)NC1CCC(C)CC1)CCO2. The highest BCUT2D eigenvalue weighted by molar-refractivity contribution is 5.82. The summed E-state index contributed by atoms with van der Waals surface area (Å²) in [6.07, 6.45) is 4.62. The monoisotopic (exact) mass is 318 g/mol. The van der Waals surface area contributed by atoms with E-state index in [9.17, 15) is 4.79 Å². The second-order valence-corrected chi connectivity index (χ2v) is 6.63. The number of amides is 1. The topological polar surface area (TPSA) is 50.8 Å². The van der Waals surface area contributed by atoms with Gasteiger partial charge < -0.3 is 19.7 Å². The Kier molecular flexibility index (Phi) is 4.94. The first-order chi connectivity index (χ1) is 11.2. The summed E-state index contributed by atoms with van der Waals surface area (Å²) in [7, 11) is 1.65. The smallest absolute Gasteiger partial charge is 0.239 e. The summed E-state index contributed by atoms with van der Waals surface area (Å²) in [5.74, 6) is 2.49. The van der Waals surface area contributed by atoms with Crippen LogP contribution in [0.2, 0.25) is 0 Å². The van der Waals surface area contributed by atoms with Crippen LogP contribution in [0.1, 0.15) is 32.6 Å². The summed E-state index contributed by atoms with van der Waals surface area (Å²) in [4.78, 5) is 14.5. The maximum Gasteiger partial charge on any atom is 0.239 e. The Balaban J connectivity index is 1.61. The number of hydrogen-bond donors (Lipinski definition) is 1. The zero-order chi connectivity index (χ0) is 16.2. The van der Waals surface area contributed by atoms with Crippen LogP contribution >= 0.6 is 0 Å². The van der Waals surface area contributed by atoms with Crippen molar-refractivity contribution in [3.63, 3.8) is 0 Å². The average Bonchev–Trinajstić information content (AvgIpc) is 2.57. The van der Waals surface area contributed by atoms with Crippen molar-refractivity contribution in [2.45, 2.75) is 38.6 Å². The number of carbonyl (C=O) groups is 1. The Morgan fingerprint density at radius 2 is 2.13 bits per heavy atom. The van der Waals surface area contributed by atoms with E-state index in [-0.39, 0.29) is 5.91 Å². The van der Waals surface area contributed by atoms with Gasteiger partial charge in [0, 0.05) is 12.1 Å². The molecule has 1 saturated carbocycles. The average molecular weight is 318 g/mol. The number of carbonyl (C=O) groups excluding carboxylic acids is 1. The number of nitrogens with zero attached hydrogens (tertiary/aromatic N) is 1. The van der Waals surface area contributed by atoms with Crippen molar-refractivity contribution in [3.05, 3.63) is 18.2 Å². The number of hydrogen-bond acceptors (Lipinski definition) is 4. The van der Waals surface area contributed by atoms with E-state index in [2.05, 4.69) is 17.1 Å². The van der Waals surface area contributed by atoms with Gasteiger partial charge in [-0.1, -0.05) is 6.92 Å². The Bertz CT molecular complexity index is 553. The van der Waals surface area contributed by atoms with Crippen LogP contribution in [0.25, 0.3) is 0 Å². The van der Waals surface area contributed by atoms with Crippen LogP contribution in [0.15, 0.2) is 18.2 Å². The Morgan fingerprint density at radius 1 is 1.35 bits per heavy atom. The van der Waals surface area contributed by atoms with Gasteiger partial charge in [-0.05, 0) is 43.7 Å². The zero-order valence-electron chi connectivity index (χ0n) is 14.0. The molecule has 1 heterocycles. The second-order valence-electron chi connectivity index (χ2n) is 6.63. The molecule has 5 heteroatoms. The molecule has 1 aliphatic heterocycles. The molecule has 0 bridgehead atoms. The first-order valence-electron chi connectivity index (χ1n) is 8.51. The highest BCUT2D eigenvalue weighted by Crippen LogP contribution is 2.34. The van der Waals surface area contributed by atoms with Crippen LogP contribution in [0.4, 0.5) is 5.69 Å². The standard InChI is InChI=1S/C18H26N2O3/c1-13-3-5-14(6-4-13)19-18(21)12-20-9-10-23-17-8-7-15(22-2)11-16(17)20/h7-8,11,13-14H,3-6,9-10,12H2,1-2H3,(H,19,21). The van der Waals surface area contributed by atoms with Gasteiger partial charge in [0.25, 0.3) is 0 Å². The number of rotatable bonds is 4. The molecule has 1 aliphatic carbocycles. The summed E-state index contributed by atoms with van der Waals surface area (Å²) in [6.45, 7) is 3.98. The molecule has 1 fully saturated rings. The van der Waals surface area contributed by atoms with Crippen molar-refractivity contribution in [3.8, 4) is 11.5 Å². The summed E-state index contributed by atoms with van der Waals surface area (Å²) in [6, 6.07) is 6.06. The number of ether oxygens (including phenoxy) is 2. The molecular formula is C18H26N2O3. The molecule has 2 aliphatic rings. The third-order valence-corrected chi connectivity index (χ3v) is 4.84. The fraction of sp³-hybridized carbons (Fsp3) is 0.611. The summed E-state index contributed by atoms with van der Waals surface area (Å²) in [5, 5.41) is 3.19. The van der Waals surface area contributed by atoms with E-state index in [0.717, 1.165) is 42.5 Å². The molecule has 23 heavy (non-hydrogen) atoms. The summed E-state index contributed by atoms with van der Waals surface area (Å²) >= 11 is 0. The number of benzene rings is 1. The van der Waals surface area contributed by atoms with Crippen molar-refractivity contribution in [1.29, 1.82) is 0 Å². The molecule has 0 spiro atoms. The van der Waals surface area contributed by atoms with Gasteiger partial charge in [0.05, 0.1) is 25.9 Å². The summed E-state index contributed by atoms with van der Waals surface area (Å²) < 4.78 is 10.9. The van der Waals surface area contributed by atoms with Gasteiger partial charge >= 0.3 is 0 Å². The van der Waals surface area contributed by atoms with Crippen molar-refractivity contribution >= 4 is 11.6 Å². The molecule has 0 unspecified atom stereocenters. The molecule has 1 amide bonds. The fourth-order valence-electron chi connectivity index (χ4n) is 3.39. The zero-order valence-corrected chi connectivity index (χ0v) is 14.0. The first kappa shape index (κ1) is 16.0. The Hall–Kier alpha value is -1.91. The van der Waals surface area contributed by atoms with E-state index in [1.165, 1.54) is 12.8 Å². The van der Waals surface area contributed by atoms with E-state index in [4.69, 9.17) is 9.47 Å². The number of methoxy groups -OCH3 is 1. The molecule has 3 rings (SSSR count). The van der Waals surface area contributed by atoms with Gasteiger partial charge in [0.1, 0.15) is 18.1 Å². The van der Waals surface area contributed by atoms with E-state index in [1.54, 1.807) is 7.11 Å². The predicted molar refractivity (Wildman–Crippen MR) is 90.3 cm³/mol. The van der Waals surface area contributed by atoms with Gasteiger partial charge in [-0.25, -0.2) is 0 Å². The van der Waals surface area contributed by atoms with Crippen LogP contribution in [-0.4, -0.2) is 38.8 Å². The van der Waals surface area contributed by atoms with E-state index >= 15 is 0 Å².